The van der Waals surface area contributed by atoms with E-state index in [1.807, 2.05) is 38.1 Å². The van der Waals surface area contributed by atoms with Crippen LogP contribution in [0.4, 0.5) is 16.2 Å². The fourth-order valence-electron chi connectivity index (χ4n) is 3.60. The van der Waals surface area contributed by atoms with Crippen molar-refractivity contribution in [2.24, 2.45) is 0 Å². The molecule has 0 radical (unpaired) electrons. The third-order valence-corrected chi connectivity index (χ3v) is 6.83. The monoisotopic (exact) mass is 475 g/mol. The SMILES string of the molecule is CCN(CC)c1ccc(CN(C(=O)Nc2ccccc2OC)C2CC2)c(OS(=O)(=O)CC)c1. The van der Waals surface area contributed by atoms with Crippen LogP contribution < -0.4 is 19.1 Å². The van der Waals surface area contributed by atoms with Gasteiger partial charge in [0.25, 0.3) is 0 Å². The molecule has 1 aliphatic carbocycles. The van der Waals surface area contributed by atoms with Crippen LogP contribution in [0, 0.1) is 0 Å². The average molecular weight is 476 g/mol. The van der Waals surface area contributed by atoms with E-state index in [-0.39, 0.29) is 30.1 Å². The van der Waals surface area contributed by atoms with Crippen LogP contribution in [0.1, 0.15) is 39.2 Å². The van der Waals surface area contributed by atoms with Crippen LogP contribution in [0.25, 0.3) is 0 Å². The summed E-state index contributed by atoms with van der Waals surface area (Å²) in [7, 11) is -2.17. The Morgan fingerprint density at radius 1 is 1.06 bits per heavy atom. The minimum atomic E-state index is -3.72. The fourth-order valence-corrected chi connectivity index (χ4v) is 4.15. The number of benzene rings is 2. The summed E-state index contributed by atoms with van der Waals surface area (Å²) in [6.07, 6.45) is 1.81. The lowest BCUT2D eigenvalue weighted by molar-refractivity contribution is 0.205. The molecule has 0 heterocycles. The van der Waals surface area contributed by atoms with E-state index in [4.69, 9.17) is 8.92 Å². The summed E-state index contributed by atoms with van der Waals surface area (Å²) < 4.78 is 35.4. The van der Waals surface area contributed by atoms with Crippen molar-refractivity contribution in [1.29, 1.82) is 0 Å². The summed E-state index contributed by atoms with van der Waals surface area (Å²) in [5.74, 6) is 0.697. The van der Waals surface area contributed by atoms with E-state index in [1.165, 1.54) is 0 Å². The predicted octanol–water partition coefficient (Wildman–Crippen LogP) is 4.47. The molecule has 9 heteroatoms. The second kappa shape index (κ2) is 10.8. The molecule has 180 valence electrons. The molecule has 0 unspecified atom stereocenters. The Labute approximate surface area is 196 Å². The van der Waals surface area contributed by atoms with Crippen LogP contribution in [0.15, 0.2) is 42.5 Å². The number of nitrogens with zero attached hydrogens (tertiary/aromatic N) is 2. The molecule has 33 heavy (non-hydrogen) atoms. The van der Waals surface area contributed by atoms with Crippen molar-refractivity contribution in [3.8, 4) is 11.5 Å². The van der Waals surface area contributed by atoms with E-state index < -0.39 is 10.1 Å². The molecule has 0 aliphatic heterocycles. The zero-order chi connectivity index (χ0) is 24.0. The van der Waals surface area contributed by atoms with Crippen LogP contribution >= 0.6 is 0 Å². The standard InChI is InChI=1S/C24H33N3O5S/c1-5-26(6-2)20-13-12-18(23(16-20)32-33(29,30)7-3)17-27(19-14-15-19)24(28)25-21-10-8-9-11-22(21)31-4/h8-13,16,19H,5-7,14-15,17H2,1-4H3,(H,25,28). The highest BCUT2D eigenvalue weighted by molar-refractivity contribution is 7.87. The Bertz CT molecular complexity index is 1070. The average Bonchev–Trinajstić information content (AvgIpc) is 3.64. The number of carbonyl (C=O) groups is 1. The van der Waals surface area contributed by atoms with Gasteiger partial charge >= 0.3 is 16.1 Å². The number of amides is 2. The van der Waals surface area contributed by atoms with Crippen molar-refractivity contribution in [3.05, 3.63) is 48.0 Å². The number of ether oxygens (including phenoxy) is 1. The van der Waals surface area contributed by atoms with Crippen LogP contribution in [0.3, 0.4) is 0 Å². The minimum Gasteiger partial charge on any atom is -0.495 e. The number of methoxy groups -OCH3 is 1. The summed E-state index contributed by atoms with van der Waals surface area (Å²) in [6, 6.07) is 12.6. The Hall–Kier alpha value is -2.94. The summed E-state index contributed by atoms with van der Waals surface area (Å²) in [5, 5.41) is 2.92. The normalized spacial score (nSPS) is 13.3. The van der Waals surface area contributed by atoms with Crippen molar-refractivity contribution in [2.45, 2.75) is 46.2 Å². The molecular formula is C24H33N3O5S. The number of rotatable bonds is 11. The summed E-state index contributed by atoms with van der Waals surface area (Å²) in [6.45, 7) is 7.42. The van der Waals surface area contributed by atoms with Gasteiger partial charge in [-0.05, 0) is 51.8 Å². The second-order valence-corrected chi connectivity index (χ2v) is 9.74. The van der Waals surface area contributed by atoms with Crippen molar-refractivity contribution >= 4 is 27.5 Å². The van der Waals surface area contributed by atoms with Crippen LogP contribution in [-0.2, 0) is 16.7 Å². The van der Waals surface area contributed by atoms with E-state index in [9.17, 15) is 13.2 Å². The van der Waals surface area contributed by atoms with Gasteiger partial charge < -0.3 is 24.0 Å². The van der Waals surface area contributed by atoms with E-state index >= 15 is 0 Å². The molecule has 1 aliphatic rings. The van der Waals surface area contributed by atoms with Gasteiger partial charge in [0, 0.05) is 36.4 Å². The van der Waals surface area contributed by atoms with Crippen molar-refractivity contribution < 1.29 is 22.1 Å². The van der Waals surface area contributed by atoms with Crippen molar-refractivity contribution in [1.82, 2.24) is 4.90 Å². The number of anilines is 2. The Kier molecular flexibility index (Phi) is 8.07. The van der Waals surface area contributed by atoms with Gasteiger partial charge in [-0.25, -0.2) is 4.79 Å². The van der Waals surface area contributed by atoms with Crippen LogP contribution in [-0.4, -0.2) is 51.3 Å². The molecule has 0 bridgehead atoms. The van der Waals surface area contributed by atoms with E-state index in [0.717, 1.165) is 31.6 Å². The fraction of sp³-hybridized carbons (Fsp3) is 0.458. The summed E-state index contributed by atoms with van der Waals surface area (Å²) >= 11 is 0. The minimum absolute atomic E-state index is 0.0952. The highest BCUT2D eigenvalue weighted by atomic mass is 32.2. The highest BCUT2D eigenvalue weighted by Gasteiger charge is 2.34. The molecule has 1 N–H and O–H groups in total. The second-order valence-electron chi connectivity index (χ2n) is 7.88. The molecule has 2 amide bonds. The highest BCUT2D eigenvalue weighted by Crippen LogP contribution is 2.34. The van der Waals surface area contributed by atoms with Gasteiger partial charge in [0.2, 0.25) is 0 Å². The third kappa shape index (κ3) is 6.31. The molecule has 2 aromatic rings. The molecule has 1 fully saturated rings. The molecular weight excluding hydrogens is 442 g/mol. The van der Waals surface area contributed by atoms with Gasteiger partial charge in [-0.15, -0.1) is 0 Å². The van der Waals surface area contributed by atoms with Gasteiger partial charge in [0.05, 0.1) is 25.1 Å². The Balaban J connectivity index is 1.90. The van der Waals surface area contributed by atoms with Gasteiger partial charge in [0.15, 0.2) is 0 Å². The maximum absolute atomic E-state index is 13.2. The molecule has 0 atom stereocenters. The van der Waals surface area contributed by atoms with Gasteiger partial charge in [-0.3, -0.25) is 0 Å². The lowest BCUT2D eigenvalue weighted by Gasteiger charge is -2.26. The van der Waals surface area contributed by atoms with Crippen LogP contribution in [0.2, 0.25) is 0 Å². The molecule has 1 saturated carbocycles. The number of para-hydroxylation sites is 2. The smallest absolute Gasteiger partial charge is 0.322 e. The maximum Gasteiger partial charge on any atom is 0.322 e. The Morgan fingerprint density at radius 3 is 2.36 bits per heavy atom. The zero-order valence-electron chi connectivity index (χ0n) is 19.7. The molecule has 0 saturated heterocycles. The summed E-state index contributed by atoms with van der Waals surface area (Å²) in [4.78, 5) is 17.0. The van der Waals surface area contributed by atoms with Gasteiger partial charge in [-0.2, -0.15) is 8.42 Å². The lowest BCUT2D eigenvalue weighted by Crippen LogP contribution is -2.36. The number of hydrogen-bond acceptors (Lipinski definition) is 6. The van der Waals surface area contributed by atoms with Crippen LogP contribution in [0.5, 0.6) is 11.5 Å². The first kappa shape index (κ1) is 24.7. The molecule has 0 aromatic heterocycles. The lowest BCUT2D eigenvalue weighted by atomic mass is 10.1. The zero-order valence-corrected chi connectivity index (χ0v) is 20.5. The molecule has 3 rings (SSSR count). The first-order chi connectivity index (χ1) is 15.8. The first-order valence-corrected chi connectivity index (χ1v) is 12.9. The number of urea groups is 1. The van der Waals surface area contributed by atoms with Gasteiger partial charge in [-0.1, -0.05) is 18.2 Å². The largest absolute Gasteiger partial charge is 0.495 e. The molecule has 0 spiro atoms. The first-order valence-electron chi connectivity index (χ1n) is 11.3. The van der Waals surface area contributed by atoms with E-state index in [0.29, 0.717) is 17.0 Å². The molecule has 2 aromatic carbocycles. The third-order valence-electron chi connectivity index (χ3n) is 5.69. The quantitative estimate of drug-likeness (QED) is 0.483. The van der Waals surface area contributed by atoms with Crippen molar-refractivity contribution in [2.75, 3.05) is 36.2 Å². The predicted molar refractivity (Wildman–Crippen MR) is 131 cm³/mol. The Morgan fingerprint density at radius 2 is 1.76 bits per heavy atom. The summed E-state index contributed by atoms with van der Waals surface area (Å²) in [5.41, 5.74) is 2.10. The number of carbonyl (C=O) groups excluding carboxylic acids is 1. The maximum atomic E-state index is 13.2. The molecule has 8 nitrogen and oxygen atoms in total. The number of nitrogens with one attached hydrogen (secondary N) is 1. The number of hydrogen-bond donors (Lipinski definition) is 1. The topological polar surface area (TPSA) is 88.2 Å². The van der Waals surface area contributed by atoms with Crippen molar-refractivity contribution in [3.63, 3.8) is 0 Å². The van der Waals surface area contributed by atoms with E-state index in [1.54, 1.807) is 37.1 Å². The van der Waals surface area contributed by atoms with E-state index in [2.05, 4.69) is 10.2 Å². The van der Waals surface area contributed by atoms with Gasteiger partial charge in [0.1, 0.15) is 11.5 Å².